The molecular weight excluding hydrogens is 262 g/mol. The molecule has 0 bridgehead atoms. The van der Waals surface area contributed by atoms with Crippen LogP contribution >= 0.6 is 11.6 Å². The van der Waals surface area contributed by atoms with Crippen LogP contribution in [0.15, 0.2) is 6.07 Å². The van der Waals surface area contributed by atoms with E-state index in [4.69, 9.17) is 16.3 Å². The fourth-order valence-corrected chi connectivity index (χ4v) is 1.79. The van der Waals surface area contributed by atoms with Crippen molar-refractivity contribution < 1.29 is 4.74 Å². The summed E-state index contributed by atoms with van der Waals surface area (Å²) in [4.78, 5) is 8.73. The third-order valence-corrected chi connectivity index (χ3v) is 3.06. The highest BCUT2D eigenvalue weighted by molar-refractivity contribution is 6.29. The standard InChI is InChI=1S/C14H24ClN3O/c1-6-19-8-11(9(2)3)16-13-7-12(15)17-14(18-13)10(4)5/h7,9-11H,6,8H2,1-5H3,(H,16,17,18). The molecule has 0 aromatic carbocycles. The smallest absolute Gasteiger partial charge is 0.135 e. The number of halogens is 1. The van der Waals surface area contributed by atoms with E-state index in [1.807, 2.05) is 6.92 Å². The zero-order valence-corrected chi connectivity index (χ0v) is 13.2. The molecule has 0 aliphatic carbocycles. The Kier molecular flexibility index (Phi) is 6.52. The van der Waals surface area contributed by atoms with Crippen molar-refractivity contribution >= 4 is 17.4 Å². The molecule has 0 aliphatic heterocycles. The highest BCUT2D eigenvalue weighted by atomic mass is 35.5. The number of rotatable bonds is 7. The van der Waals surface area contributed by atoms with Crippen molar-refractivity contribution in [3.05, 3.63) is 17.0 Å². The molecule has 1 aromatic rings. The maximum atomic E-state index is 6.04. The molecule has 1 heterocycles. The fourth-order valence-electron chi connectivity index (χ4n) is 1.60. The van der Waals surface area contributed by atoms with Gasteiger partial charge in [-0.2, -0.15) is 0 Å². The monoisotopic (exact) mass is 285 g/mol. The molecule has 0 saturated heterocycles. The van der Waals surface area contributed by atoms with Gasteiger partial charge in [-0.1, -0.05) is 39.3 Å². The van der Waals surface area contributed by atoms with E-state index >= 15 is 0 Å². The first kappa shape index (κ1) is 16.2. The maximum Gasteiger partial charge on any atom is 0.135 e. The maximum absolute atomic E-state index is 6.04. The number of aromatic nitrogens is 2. The van der Waals surface area contributed by atoms with E-state index in [2.05, 4.69) is 43.0 Å². The predicted molar refractivity (Wildman–Crippen MR) is 79.9 cm³/mol. The Hall–Kier alpha value is -0.870. The average molecular weight is 286 g/mol. The summed E-state index contributed by atoms with van der Waals surface area (Å²) < 4.78 is 5.50. The Morgan fingerprint density at radius 2 is 1.95 bits per heavy atom. The highest BCUT2D eigenvalue weighted by Gasteiger charge is 2.15. The van der Waals surface area contributed by atoms with E-state index in [1.54, 1.807) is 6.07 Å². The van der Waals surface area contributed by atoms with E-state index in [-0.39, 0.29) is 12.0 Å². The molecule has 1 rings (SSSR count). The first-order valence-electron chi connectivity index (χ1n) is 6.82. The van der Waals surface area contributed by atoms with Crippen molar-refractivity contribution in [2.75, 3.05) is 18.5 Å². The summed E-state index contributed by atoms with van der Waals surface area (Å²) in [5.41, 5.74) is 0. The zero-order chi connectivity index (χ0) is 14.4. The molecule has 0 fully saturated rings. The number of hydrogen-bond acceptors (Lipinski definition) is 4. The molecule has 1 aromatic heterocycles. The van der Waals surface area contributed by atoms with E-state index < -0.39 is 0 Å². The molecule has 0 saturated carbocycles. The molecule has 1 atom stereocenters. The largest absolute Gasteiger partial charge is 0.380 e. The zero-order valence-electron chi connectivity index (χ0n) is 12.4. The number of hydrogen-bond donors (Lipinski definition) is 1. The summed E-state index contributed by atoms with van der Waals surface area (Å²) in [6.07, 6.45) is 0. The van der Waals surface area contributed by atoms with Crippen LogP contribution in [0, 0.1) is 5.92 Å². The summed E-state index contributed by atoms with van der Waals surface area (Å²) in [7, 11) is 0. The normalized spacial score (nSPS) is 13.1. The molecule has 19 heavy (non-hydrogen) atoms. The summed E-state index contributed by atoms with van der Waals surface area (Å²) in [5.74, 6) is 2.22. The Bertz CT molecular complexity index is 396. The van der Waals surface area contributed by atoms with Gasteiger partial charge in [-0.25, -0.2) is 9.97 Å². The summed E-state index contributed by atoms with van der Waals surface area (Å²) in [6.45, 7) is 11.8. The second-order valence-corrected chi connectivity index (χ2v) is 5.63. The summed E-state index contributed by atoms with van der Waals surface area (Å²) in [6, 6.07) is 1.97. The summed E-state index contributed by atoms with van der Waals surface area (Å²) in [5, 5.41) is 3.86. The van der Waals surface area contributed by atoms with Gasteiger partial charge in [0.05, 0.1) is 12.6 Å². The Balaban J connectivity index is 2.83. The average Bonchev–Trinajstić information content (AvgIpc) is 2.33. The van der Waals surface area contributed by atoms with Crippen LogP contribution in [0.25, 0.3) is 0 Å². The van der Waals surface area contributed by atoms with Gasteiger partial charge < -0.3 is 10.1 Å². The minimum atomic E-state index is 0.214. The number of nitrogens with one attached hydrogen (secondary N) is 1. The van der Waals surface area contributed by atoms with Gasteiger partial charge in [0.15, 0.2) is 0 Å². The van der Waals surface area contributed by atoms with E-state index in [0.29, 0.717) is 24.3 Å². The number of anilines is 1. The molecule has 0 radical (unpaired) electrons. The lowest BCUT2D eigenvalue weighted by molar-refractivity contribution is 0.126. The molecule has 1 N–H and O–H groups in total. The minimum absolute atomic E-state index is 0.214. The van der Waals surface area contributed by atoms with Crippen molar-refractivity contribution in [2.24, 2.45) is 5.92 Å². The highest BCUT2D eigenvalue weighted by Crippen LogP contribution is 2.19. The minimum Gasteiger partial charge on any atom is -0.380 e. The summed E-state index contributed by atoms with van der Waals surface area (Å²) >= 11 is 6.04. The van der Waals surface area contributed by atoms with Crippen LogP contribution in [0.5, 0.6) is 0 Å². The first-order valence-corrected chi connectivity index (χ1v) is 7.20. The quantitative estimate of drug-likeness (QED) is 0.776. The molecule has 5 heteroatoms. The molecule has 108 valence electrons. The van der Waals surface area contributed by atoms with Crippen molar-refractivity contribution in [3.63, 3.8) is 0 Å². The van der Waals surface area contributed by atoms with Gasteiger partial charge in [-0.3, -0.25) is 0 Å². The van der Waals surface area contributed by atoms with Crippen molar-refractivity contribution in [1.82, 2.24) is 9.97 Å². The third kappa shape index (κ3) is 5.33. The lowest BCUT2D eigenvalue weighted by Crippen LogP contribution is -2.31. The lowest BCUT2D eigenvalue weighted by atomic mass is 10.1. The van der Waals surface area contributed by atoms with Crippen LogP contribution in [0.4, 0.5) is 5.82 Å². The Labute approximate surface area is 120 Å². The Morgan fingerprint density at radius 1 is 1.26 bits per heavy atom. The van der Waals surface area contributed by atoms with Crippen LogP contribution in [0.3, 0.4) is 0 Å². The van der Waals surface area contributed by atoms with Crippen LogP contribution in [0.1, 0.15) is 46.4 Å². The first-order chi connectivity index (χ1) is 8.93. The van der Waals surface area contributed by atoms with E-state index in [9.17, 15) is 0 Å². The molecule has 0 aliphatic rings. The van der Waals surface area contributed by atoms with Crippen molar-refractivity contribution in [3.8, 4) is 0 Å². The van der Waals surface area contributed by atoms with Crippen LogP contribution < -0.4 is 5.32 Å². The molecule has 4 nitrogen and oxygen atoms in total. The van der Waals surface area contributed by atoms with Gasteiger partial charge in [0, 0.05) is 18.6 Å². The predicted octanol–water partition coefficient (Wildman–Crippen LogP) is 3.73. The van der Waals surface area contributed by atoms with Crippen LogP contribution in [0.2, 0.25) is 5.15 Å². The topological polar surface area (TPSA) is 47.0 Å². The molecule has 1 unspecified atom stereocenters. The van der Waals surface area contributed by atoms with Gasteiger partial charge in [0.25, 0.3) is 0 Å². The van der Waals surface area contributed by atoms with Gasteiger partial charge in [-0.15, -0.1) is 0 Å². The SMILES string of the molecule is CCOCC(Nc1cc(Cl)nc(C(C)C)n1)C(C)C. The van der Waals surface area contributed by atoms with Crippen LogP contribution in [-0.2, 0) is 4.74 Å². The van der Waals surface area contributed by atoms with Gasteiger partial charge in [0.1, 0.15) is 16.8 Å². The molecule has 0 spiro atoms. The number of ether oxygens (including phenoxy) is 1. The number of nitrogens with zero attached hydrogens (tertiary/aromatic N) is 2. The van der Waals surface area contributed by atoms with Gasteiger partial charge in [-0.05, 0) is 12.8 Å². The van der Waals surface area contributed by atoms with Crippen LogP contribution in [-0.4, -0.2) is 29.2 Å². The second kappa shape index (κ2) is 7.65. The van der Waals surface area contributed by atoms with Crippen molar-refractivity contribution in [2.45, 2.75) is 46.6 Å². The molecular formula is C14H24ClN3O. The molecule has 0 amide bonds. The van der Waals surface area contributed by atoms with Gasteiger partial charge in [0.2, 0.25) is 0 Å². The van der Waals surface area contributed by atoms with E-state index in [0.717, 1.165) is 11.6 Å². The Morgan fingerprint density at radius 3 is 2.47 bits per heavy atom. The third-order valence-electron chi connectivity index (χ3n) is 2.87. The van der Waals surface area contributed by atoms with E-state index in [1.165, 1.54) is 0 Å². The lowest BCUT2D eigenvalue weighted by Gasteiger charge is -2.23. The van der Waals surface area contributed by atoms with Gasteiger partial charge >= 0.3 is 0 Å². The second-order valence-electron chi connectivity index (χ2n) is 5.24. The van der Waals surface area contributed by atoms with Crippen molar-refractivity contribution in [1.29, 1.82) is 0 Å². The fraction of sp³-hybridized carbons (Fsp3) is 0.714.